The fourth-order valence-corrected chi connectivity index (χ4v) is 3.18. The number of rotatable bonds is 5. The van der Waals surface area contributed by atoms with E-state index in [0.717, 1.165) is 12.8 Å². The summed E-state index contributed by atoms with van der Waals surface area (Å²) < 4.78 is 23.2. The number of alkyl halides is 1. The number of halogens is 1. The van der Waals surface area contributed by atoms with E-state index in [2.05, 4.69) is 5.32 Å². The maximum Gasteiger partial charge on any atom is 0.153 e. The van der Waals surface area contributed by atoms with Crippen LogP contribution in [0, 0.1) is 0 Å². The average molecular weight is 268 g/mol. The normalized spacial score (nSPS) is 27.2. The van der Waals surface area contributed by atoms with Crippen molar-refractivity contribution < 1.29 is 8.42 Å². The van der Waals surface area contributed by atoms with Gasteiger partial charge in [-0.1, -0.05) is 12.8 Å². The van der Waals surface area contributed by atoms with Gasteiger partial charge in [0, 0.05) is 18.0 Å². The molecule has 1 saturated carbocycles. The molecule has 96 valence electrons. The van der Waals surface area contributed by atoms with E-state index < -0.39 is 9.84 Å². The number of sulfone groups is 1. The molecular weight excluding hydrogens is 246 g/mol. The van der Waals surface area contributed by atoms with E-state index in [0.29, 0.717) is 6.54 Å². The SMILES string of the molecule is CC(C)S(=O)(=O)CCNC1CCCCC1Cl. The molecule has 1 aliphatic carbocycles. The molecule has 3 nitrogen and oxygen atoms in total. The maximum atomic E-state index is 11.6. The molecule has 0 aromatic heterocycles. The third-order valence-corrected chi connectivity index (χ3v) is 5.92. The second kappa shape index (κ2) is 6.22. The molecule has 2 atom stereocenters. The smallest absolute Gasteiger partial charge is 0.153 e. The Morgan fingerprint density at radius 1 is 1.31 bits per heavy atom. The van der Waals surface area contributed by atoms with Gasteiger partial charge in [-0.3, -0.25) is 0 Å². The zero-order chi connectivity index (χ0) is 12.2. The van der Waals surface area contributed by atoms with Crippen LogP contribution in [0.3, 0.4) is 0 Å². The monoisotopic (exact) mass is 267 g/mol. The van der Waals surface area contributed by atoms with Crippen LogP contribution >= 0.6 is 11.6 Å². The Bertz CT molecular complexity index is 303. The Labute approximate surface area is 104 Å². The lowest BCUT2D eigenvalue weighted by atomic mass is 9.95. The van der Waals surface area contributed by atoms with E-state index in [1.165, 1.54) is 12.8 Å². The summed E-state index contributed by atoms with van der Waals surface area (Å²) in [7, 11) is -2.92. The van der Waals surface area contributed by atoms with Gasteiger partial charge in [0.05, 0.1) is 11.0 Å². The quantitative estimate of drug-likeness (QED) is 0.775. The fourth-order valence-electron chi connectivity index (χ4n) is 1.94. The third-order valence-electron chi connectivity index (χ3n) is 3.19. The fraction of sp³-hybridized carbons (Fsp3) is 1.00. The molecular formula is C11H22ClNO2S. The van der Waals surface area contributed by atoms with Crippen LogP contribution in [0.5, 0.6) is 0 Å². The summed E-state index contributed by atoms with van der Waals surface area (Å²) in [4.78, 5) is 0. The van der Waals surface area contributed by atoms with Gasteiger partial charge in [0.25, 0.3) is 0 Å². The van der Waals surface area contributed by atoms with Crippen molar-refractivity contribution in [1.29, 1.82) is 0 Å². The lowest BCUT2D eigenvalue weighted by Gasteiger charge is -2.28. The van der Waals surface area contributed by atoms with Gasteiger partial charge < -0.3 is 5.32 Å². The zero-order valence-electron chi connectivity index (χ0n) is 10.1. The highest BCUT2D eigenvalue weighted by atomic mass is 35.5. The van der Waals surface area contributed by atoms with Gasteiger partial charge in [-0.25, -0.2) is 8.42 Å². The number of hydrogen-bond donors (Lipinski definition) is 1. The van der Waals surface area contributed by atoms with Crippen molar-refractivity contribution in [3.8, 4) is 0 Å². The molecule has 1 aliphatic rings. The first-order valence-corrected chi connectivity index (χ1v) is 8.17. The van der Waals surface area contributed by atoms with Crippen molar-refractivity contribution in [1.82, 2.24) is 5.32 Å². The molecule has 1 rings (SSSR count). The summed E-state index contributed by atoms with van der Waals surface area (Å²) in [5.74, 6) is 0.213. The van der Waals surface area contributed by atoms with Gasteiger partial charge in [0.1, 0.15) is 0 Å². The summed E-state index contributed by atoms with van der Waals surface area (Å²) in [6.07, 6.45) is 4.49. The van der Waals surface area contributed by atoms with Gasteiger partial charge in [0.2, 0.25) is 0 Å². The van der Waals surface area contributed by atoms with Crippen LogP contribution in [0.1, 0.15) is 39.5 Å². The minimum Gasteiger partial charge on any atom is -0.312 e. The van der Waals surface area contributed by atoms with Crippen LogP contribution in [0.15, 0.2) is 0 Å². The predicted molar refractivity (Wildman–Crippen MR) is 68.8 cm³/mol. The van der Waals surface area contributed by atoms with Crippen LogP contribution in [0.4, 0.5) is 0 Å². The molecule has 2 unspecified atom stereocenters. The summed E-state index contributed by atoms with van der Waals surface area (Å²) in [6, 6.07) is 0.290. The van der Waals surface area contributed by atoms with Crippen molar-refractivity contribution in [2.45, 2.75) is 56.2 Å². The number of hydrogen-bond acceptors (Lipinski definition) is 3. The molecule has 1 fully saturated rings. The van der Waals surface area contributed by atoms with Gasteiger partial charge in [-0.05, 0) is 26.7 Å². The van der Waals surface area contributed by atoms with Crippen LogP contribution < -0.4 is 5.32 Å². The topological polar surface area (TPSA) is 46.2 Å². The molecule has 0 aromatic carbocycles. The van der Waals surface area contributed by atoms with Gasteiger partial charge in [-0.15, -0.1) is 11.6 Å². The highest BCUT2D eigenvalue weighted by Crippen LogP contribution is 2.22. The Hall–Kier alpha value is 0.200. The molecule has 0 heterocycles. The van der Waals surface area contributed by atoms with E-state index in [4.69, 9.17) is 11.6 Å². The first kappa shape index (κ1) is 14.3. The molecule has 5 heteroatoms. The Balaban J connectivity index is 2.30. The Morgan fingerprint density at radius 2 is 1.94 bits per heavy atom. The molecule has 16 heavy (non-hydrogen) atoms. The van der Waals surface area contributed by atoms with E-state index >= 15 is 0 Å². The molecule has 0 saturated heterocycles. The van der Waals surface area contributed by atoms with Crippen molar-refractivity contribution in [3.63, 3.8) is 0 Å². The maximum absolute atomic E-state index is 11.6. The summed E-state index contributed by atoms with van der Waals surface area (Å²) in [6.45, 7) is 3.97. The first-order chi connectivity index (χ1) is 7.43. The Morgan fingerprint density at radius 3 is 2.50 bits per heavy atom. The van der Waals surface area contributed by atoms with Crippen LogP contribution in [0.25, 0.3) is 0 Å². The molecule has 0 bridgehead atoms. The van der Waals surface area contributed by atoms with Crippen LogP contribution in [0.2, 0.25) is 0 Å². The summed E-state index contributed by atoms with van der Waals surface area (Å²) >= 11 is 6.18. The van der Waals surface area contributed by atoms with Crippen LogP contribution in [-0.4, -0.2) is 37.4 Å². The van der Waals surface area contributed by atoms with E-state index in [1.807, 2.05) is 0 Å². The highest BCUT2D eigenvalue weighted by molar-refractivity contribution is 7.92. The number of nitrogens with one attached hydrogen (secondary N) is 1. The summed E-state index contributed by atoms with van der Waals surface area (Å²) in [5, 5.41) is 3.15. The van der Waals surface area contributed by atoms with Crippen LogP contribution in [-0.2, 0) is 9.84 Å². The Kier molecular flexibility index (Phi) is 5.54. The molecule has 0 spiro atoms. The first-order valence-electron chi connectivity index (χ1n) is 6.02. The van der Waals surface area contributed by atoms with E-state index in [1.54, 1.807) is 13.8 Å². The standard InChI is InChI=1S/C11H22ClNO2S/c1-9(2)16(14,15)8-7-13-11-6-4-3-5-10(11)12/h9-11,13H,3-8H2,1-2H3. The van der Waals surface area contributed by atoms with Crippen molar-refractivity contribution in [3.05, 3.63) is 0 Å². The zero-order valence-corrected chi connectivity index (χ0v) is 11.6. The minimum atomic E-state index is -2.92. The van der Waals surface area contributed by atoms with Gasteiger partial charge in [0.15, 0.2) is 9.84 Å². The highest BCUT2D eigenvalue weighted by Gasteiger charge is 2.23. The largest absolute Gasteiger partial charge is 0.312 e. The van der Waals surface area contributed by atoms with Crippen molar-refractivity contribution >= 4 is 21.4 Å². The predicted octanol–water partition coefficient (Wildman–Crippen LogP) is 1.95. The third kappa shape index (κ3) is 4.22. The molecule has 0 radical (unpaired) electrons. The minimum absolute atomic E-state index is 0.163. The second-order valence-electron chi connectivity index (χ2n) is 4.78. The average Bonchev–Trinajstić information content (AvgIpc) is 2.20. The lowest BCUT2D eigenvalue weighted by molar-refractivity contribution is 0.386. The van der Waals surface area contributed by atoms with Gasteiger partial charge >= 0.3 is 0 Å². The lowest BCUT2D eigenvalue weighted by Crippen LogP contribution is -2.41. The molecule has 0 aliphatic heterocycles. The van der Waals surface area contributed by atoms with E-state index in [-0.39, 0.29) is 22.4 Å². The van der Waals surface area contributed by atoms with E-state index in [9.17, 15) is 8.42 Å². The van der Waals surface area contributed by atoms with Gasteiger partial charge in [-0.2, -0.15) is 0 Å². The second-order valence-corrected chi connectivity index (χ2v) is 8.01. The molecule has 1 N–H and O–H groups in total. The summed E-state index contributed by atoms with van der Waals surface area (Å²) in [5.41, 5.74) is 0. The van der Waals surface area contributed by atoms with Crippen molar-refractivity contribution in [2.75, 3.05) is 12.3 Å². The molecule has 0 aromatic rings. The van der Waals surface area contributed by atoms with Crippen molar-refractivity contribution in [2.24, 2.45) is 0 Å². The molecule has 0 amide bonds.